The standard InChI is InChI=1S/C12H13F3O4S/c1-2-8-3-4-9(11(16)17)7-10(8)20(18,19)6-5-12(13,14)15/h3-4,7H,2,5-6H2,1H3,(H,16,17). The minimum absolute atomic E-state index is 0.271. The molecule has 0 aliphatic rings. The van der Waals surface area contributed by atoms with E-state index in [4.69, 9.17) is 5.11 Å². The van der Waals surface area contributed by atoms with E-state index >= 15 is 0 Å². The molecule has 0 unspecified atom stereocenters. The first kappa shape index (κ1) is 16.5. The molecule has 0 bridgehead atoms. The predicted octanol–water partition coefficient (Wildman–Crippen LogP) is 2.67. The maximum atomic E-state index is 12.1. The maximum absolute atomic E-state index is 12.1. The van der Waals surface area contributed by atoms with Crippen molar-refractivity contribution < 1.29 is 31.5 Å². The van der Waals surface area contributed by atoms with Crippen LogP contribution in [-0.2, 0) is 16.3 Å². The molecule has 1 rings (SSSR count). The van der Waals surface area contributed by atoms with Crippen LogP contribution in [0.3, 0.4) is 0 Å². The predicted molar refractivity (Wildman–Crippen MR) is 65.5 cm³/mol. The van der Waals surface area contributed by atoms with Crippen molar-refractivity contribution in [3.63, 3.8) is 0 Å². The van der Waals surface area contributed by atoms with E-state index in [1.165, 1.54) is 12.1 Å². The quantitative estimate of drug-likeness (QED) is 0.907. The Hall–Kier alpha value is -1.57. The van der Waals surface area contributed by atoms with E-state index in [1.54, 1.807) is 6.92 Å². The van der Waals surface area contributed by atoms with Gasteiger partial charge in [0.15, 0.2) is 9.84 Å². The maximum Gasteiger partial charge on any atom is 0.390 e. The highest BCUT2D eigenvalue weighted by atomic mass is 32.2. The van der Waals surface area contributed by atoms with Crippen molar-refractivity contribution in [2.75, 3.05) is 5.75 Å². The van der Waals surface area contributed by atoms with Crippen molar-refractivity contribution in [2.24, 2.45) is 0 Å². The molecule has 1 aromatic carbocycles. The van der Waals surface area contributed by atoms with Gasteiger partial charge in [-0.2, -0.15) is 13.2 Å². The SMILES string of the molecule is CCc1ccc(C(=O)O)cc1S(=O)(=O)CCC(F)(F)F. The molecule has 0 heterocycles. The fourth-order valence-corrected chi connectivity index (χ4v) is 3.27. The minimum atomic E-state index is -4.58. The number of benzene rings is 1. The number of alkyl halides is 3. The Morgan fingerprint density at radius 3 is 2.35 bits per heavy atom. The lowest BCUT2D eigenvalue weighted by atomic mass is 10.1. The Morgan fingerprint density at radius 2 is 1.90 bits per heavy atom. The molecule has 0 amide bonds. The van der Waals surface area contributed by atoms with Crippen molar-refractivity contribution in [2.45, 2.75) is 30.8 Å². The van der Waals surface area contributed by atoms with E-state index in [-0.39, 0.29) is 16.9 Å². The highest BCUT2D eigenvalue weighted by molar-refractivity contribution is 7.91. The number of aryl methyl sites for hydroxylation is 1. The molecule has 0 spiro atoms. The topological polar surface area (TPSA) is 71.4 Å². The Balaban J connectivity index is 3.21. The summed E-state index contributed by atoms with van der Waals surface area (Å²) < 4.78 is 60.3. The van der Waals surface area contributed by atoms with Crippen LogP contribution in [0.4, 0.5) is 13.2 Å². The van der Waals surface area contributed by atoms with Gasteiger partial charge < -0.3 is 5.11 Å². The summed E-state index contributed by atoms with van der Waals surface area (Å²) in [7, 11) is -4.18. The van der Waals surface area contributed by atoms with Gasteiger partial charge in [-0.1, -0.05) is 13.0 Å². The van der Waals surface area contributed by atoms with Gasteiger partial charge in [0.05, 0.1) is 22.6 Å². The number of sulfone groups is 1. The first-order chi connectivity index (χ1) is 9.07. The van der Waals surface area contributed by atoms with Crippen LogP contribution in [0.15, 0.2) is 23.1 Å². The summed E-state index contributed by atoms with van der Waals surface area (Å²) in [5.41, 5.74) is 0.0324. The Kier molecular flexibility index (Phi) is 4.80. The lowest BCUT2D eigenvalue weighted by molar-refractivity contribution is -0.129. The van der Waals surface area contributed by atoms with Crippen LogP contribution in [0.25, 0.3) is 0 Å². The summed E-state index contributed by atoms with van der Waals surface area (Å²) in [4.78, 5) is 10.5. The van der Waals surface area contributed by atoms with Crippen LogP contribution in [0.1, 0.15) is 29.3 Å². The van der Waals surface area contributed by atoms with E-state index in [2.05, 4.69) is 0 Å². The summed E-state index contributed by atoms with van der Waals surface area (Å²) in [5, 5.41) is 8.82. The van der Waals surface area contributed by atoms with Gasteiger partial charge in [0.1, 0.15) is 0 Å². The molecule has 1 N–H and O–H groups in total. The molecule has 0 aliphatic heterocycles. The number of halogens is 3. The normalized spacial score (nSPS) is 12.4. The number of hydrogen-bond acceptors (Lipinski definition) is 3. The van der Waals surface area contributed by atoms with Crippen molar-refractivity contribution in [3.05, 3.63) is 29.3 Å². The zero-order valence-corrected chi connectivity index (χ0v) is 11.4. The summed E-state index contributed by atoms with van der Waals surface area (Å²) in [6.07, 6.45) is -5.76. The summed E-state index contributed by atoms with van der Waals surface area (Å²) in [6, 6.07) is 3.45. The monoisotopic (exact) mass is 310 g/mol. The zero-order valence-electron chi connectivity index (χ0n) is 10.6. The van der Waals surface area contributed by atoms with Crippen molar-refractivity contribution in [1.82, 2.24) is 0 Å². The molecule has 8 heteroatoms. The van der Waals surface area contributed by atoms with E-state index in [9.17, 15) is 26.4 Å². The third-order valence-electron chi connectivity index (χ3n) is 2.68. The number of aromatic carboxylic acids is 1. The summed E-state index contributed by atoms with van der Waals surface area (Å²) >= 11 is 0. The highest BCUT2D eigenvalue weighted by Crippen LogP contribution is 2.25. The fourth-order valence-electron chi connectivity index (χ4n) is 1.63. The third-order valence-corrected chi connectivity index (χ3v) is 4.48. The molecule has 0 fully saturated rings. The van der Waals surface area contributed by atoms with Crippen molar-refractivity contribution in [1.29, 1.82) is 0 Å². The average molecular weight is 310 g/mol. The lowest BCUT2D eigenvalue weighted by Crippen LogP contribution is -2.18. The van der Waals surface area contributed by atoms with Gasteiger partial charge in [-0.25, -0.2) is 13.2 Å². The zero-order chi connectivity index (χ0) is 15.6. The van der Waals surface area contributed by atoms with Crippen molar-refractivity contribution >= 4 is 15.8 Å². The van der Waals surface area contributed by atoms with E-state index in [0.717, 1.165) is 6.07 Å². The Bertz CT molecular complexity index is 606. The molecular formula is C12H13F3O4S. The first-order valence-corrected chi connectivity index (χ1v) is 7.38. The van der Waals surface area contributed by atoms with Gasteiger partial charge in [0.25, 0.3) is 0 Å². The number of carboxylic acids is 1. The Labute approximate surface area is 114 Å². The van der Waals surface area contributed by atoms with E-state index in [1.807, 2.05) is 0 Å². The molecule has 0 radical (unpaired) electrons. The van der Waals surface area contributed by atoms with Crippen LogP contribution < -0.4 is 0 Å². The average Bonchev–Trinajstić information content (AvgIpc) is 2.35. The van der Waals surface area contributed by atoms with Gasteiger partial charge in [0, 0.05) is 0 Å². The lowest BCUT2D eigenvalue weighted by Gasteiger charge is -2.11. The molecule has 0 saturated carbocycles. The van der Waals surface area contributed by atoms with Crippen LogP contribution in [0.2, 0.25) is 0 Å². The van der Waals surface area contributed by atoms with Crippen LogP contribution in [0, 0.1) is 0 Å². The fraction of sp³-hybridized carbons (Fsp3) is 0.417. The number of hydrogen-bond donors (Lipinski definition) is 1. The molecule has 1 aromatic rings. The smallest absolute Gasteiger partial charge is 0.390 e. The minimum Gasteiger partial charge on any atom is -0.478 e. The number of carbonyl (C=O) groups is 1. The summed E-state index contributed by atoms with van der Waals surface area (Å²) in [5.74, 6) is -2.42. The van der Waals surface area contributed by atoms with E-state index in [0.29, 0.717) is 5.56 Å². The molecule has 112 valence electrons. The highest BCUT2D eigenvalue weighted by Gasteiger charge is 2.31. The van der Waals surface area contributed by atoms with Gasteiger partial charge in [-0.3, -0.25) is 0 Å². The van der Waals surface area contributed by atoms with Gasteiger partial charge in [0.2, 0.25) is 0 Å². The van der Waals surface area contributed by atoms with Crippen LogP contribution >= 0.6 is 0 Å². The molecule has 0 aromatic heterocycles. The van der Waals surface area contributed by atoms with Crippen LogP contribution in [0.5, 0.6) is 0 Å². The second-order valence-corrected chi connectivity index (χ2v) is 6.24. The Morgan fingerprint density at radius 1 is 1.30 bits per heavy atom. The molecule has 0 saturated heterocycles. The third kappa shape index (κ3) is 4.22. The molecule has 0 atom stereocenters. The summed E-state index contributed by atoms with van der Waals surface area (Å²) in [6.45, 7) is 1.64. The van der Waals surface area contributed by atoms with Gasteiger partial charge in [-0.15, -0.1) is 0 Å². The van der Waals surface area contributed by atoms with Gasteiger partial charge in [-0.05, 0) is 24.1 Å². The first-order valence-electron chi connectivity index (χ1n) is 5.72. The second kappa shape index (κ2) is 5.82. The molecular weight excluding hydrogens is 297 g/mol. The molecule has 0 aliphatic carbocycles. The van der Waals surface area contributed by atoms with Crippen LogP contribution in [-0.4, -0.2) is 31.4 Å². The van der Waals surface area contributed by atoms with E-state index < -0.39 is 34.2 Å². The largest absolute Gasteiger partial charge is 0.478 e. The second-order valence-electron chi connectivity index (χ2n) is 4.17. The molecule has 4 nitrogen and oxygen atoms in total. The molecule has 20 heavy (non-hydrogen) atoms. The number of carboxylic acid groups (broad SMARTS) is 1. The van der Waals surface area contributed by atoms with Crippen molar-refractivity contribution in [3.8, 4) is 0 Å². The number of rotatable bonds is 5. The van der Waals surface area contributed by atoms with Gasteiger partial charge >= 0.3 is 12.1 Å².